The standard InChI is InChI=1S/C12H9BrN4/c13-10-7-14-11-9(10)6-15-12(17-11)16-8-4-2-1-3-5-8/h1-7H,(H2,14,15,16,17). The molecule has 0 spiro atoms. The van der Waals surface area contributed by atoms with E-state index in [9.17, 15) is 0 Å². The maximum atomic E-state index is 4.38. The molecule has 0 aliphatic heterocycles. The van der Waals surface area contributed by atoms with Crippen molar-refractivity contribution in [1.29, 1.82) is 0 Å². The average Bonchev–Trinajstić information content (AvgIpc) is 2.72. The van der Waals surface area contributed by atoms with Crippen LogP contribution >= 0.6 is 15.9 Å². The van der Waals surface area contributed by atoms with Crippen LogP contribution in [0.3, 0.4) is 0 Å². The Bertz CT molecular complexity index is 648. The first kappa shape index (κ1) is 10.3. The van der Waals surface area contributed by atoms with E-state index in [0.29, 0.717) is 5.95 Å². The molecule has 2 heterocycles. The molecule has 0 fully saturated rings. The Kier molecular flexibility index (Phi) is 2.53. The highest BCUT2D eigenvalue weighted by Gasteiger charge is 2.04. The zero-order valence-corrected chi connectivity index (χ0v) is 10.4. The number of H-pyrrole nitrogens is 1. The first-order valence-electron chi connectivity index (χ1n) is 5.14. The number of para-hydroxylation sites is 1. The lowest BCUT2D eigenvalue weighted by Gasteiger charge is -2.03. The molecule has 0 radical (unpaired) electrons. The van der Waals surface area contributed by atoms with Gasteiger partial charge in [0.05, 0.1) is 5.39 Å². The van der Waals surface area contributed by atoms with Crippen LogP contribution in [-0.4, -0.2) is 15.0 Å². The van der Waals surface area contributed by atoms with E-state index in [4.69, 9.17) is 0 Å². The molecule has 0 bridgehead atoms. The molecule has 84 valence electrons. The number of aromatic amines is 1. The summed E-state index contributed by atoms with van der Waals surface area (Å²) in [5.41, 5.74) is 1.78. The average molecular weight is 289 g/mol. The lowest BCUT2D eigenvalue weighted by molar-refractivity contribution is 1.19. The number of nitrogens with one attached hydrogen (secondary N) is 2. The van der Waals surface area contributed by atoms with E-state index in [1.165, 1.54) is 0 Å². The second-order valence-electron chi connectivity index (χ2n) is 3.58. The summed E-state index contributed by atoms with van der Waals surface area (Å²) in [5, 5.41) is 4.12. The van der Waals surface area contributed by atoms with Crippen LogP contribution in [0.4, 0.5) is 11.6 Å². The Morgan fingerprint density at radius 2 is 2.00 bits per heavy atom. The van der Waals surface area contributed by atoms with Gasteiger partial charge in [-0.2, -0.15) is 4.98 Å². The lowest BCUT2D eigenvalue weighted by Crippen LogP contribution is -1.96. The van der Waals surface area contributed by atoms with Crippen LogP contribution in [0.15, 0.2) is 47.2 Å². The van der Waals surface area contributed by atoms with Crippen LogP contribution < -0.4 is 5.32 Å². The van der Waals surface area contributed by atoms with Gasteiger partial charge in [-0.05, 0) is 28.1 Å². The zero-order valence-electron chi connectivity index (χ0n) is 8.81. The molecule has 0 saturated carbocycles. The summed E-state index contributed by atoms with van der Waals surface area (Å²) in [6.07, 6.45) is 3.64. The zero-order chi connectivity index (χ0) is 11.7. The van der Waals surface area contributed by atoms with Crippen molar-refractivity contribution in [2.75, 3.05) is 5.32 Å². The van der Waals surface area contributed by atoms with Crippen molar-refractivity contribution >= 4 is 38.6 Å². The van der Waals surface area contributed by atoms with Gasteiger partial charge in [0.15, 0.2) is 0 Å². The fraction of sp³-hybridized carbons (Fsp3) is 0. The number of hydrogen-bond acceptors (Lipinski definition) is 3. The third-order valence-corrected chi connectivity index (χ3v) is 3.07. The monoisotopic (exact) mass is 288 g/mol. The number of fused-ring (bicyclic) bond motifs is 1. The van der Waals surface area contributed by atoms with Crippen LogP contribution in [0.1, 0.15) is 0 Å². The number of anilines is 2. The number of halogens is 1. The number of rotatable bonds is 2. The normalized spacial score (nSPS) is 10.6. The molecule has 5 heteroatoms. The SMILES string of the molecule is Brc1c[nH]c2nc(Nc3ccccc3)ncc12. The van der Waals surface area contributed by atoms with Gasteiger partial charge in [-0.3, -0.25) is 0 Å². The lowest BCUT2D eigenvalue weighted by atomic mass is 10.3. The predicted octanol–water partition coefficient (Wildman–Crippen LogP) is 3.46. The minimum absolute atomic E-state index is 0.582. The van der Waals surface area contributed by atoms with Crippen molar-refractivity contribution in [3.05, 3.63) is 47.2 Å². The van der Waals surface area contributed by atoms with Crippen molar-refractivity contribution in [3.63, 3.8) is 0 Å². The van der Waals surface area contributed by atoms with Gasteiger partial charge in [0.1, 0.15) is 5.65 Å². The minimum atomic E-state index is 0.582. The number of nitrogens with zero attached hydrogens (tertiary/aromatic N) is 2. The molecule has 0 aliphatic carbocycles. The fourth-order valence-corrected chi connectivity index (χ4v) is 1.99. The molecule has 3 rings (SSSR count). The molecule has 17 heavy (non-hydrogen) atoms. The van der Waals surface area contributed by atoms with E-state index in [0.717, 1.165) is 21.2 Å². The second-order valence-corrected chi connectivity index (χ2v) is 4.44. The second kappa shape index (κ2) is 4.18. The quantitative estimate of drug-likeness (QED) is 0.759. The van der Waals surface area contributed by atoms with Gasteiger partial charge in [0, 0.05) is 22.6 Å². The molecule has 0 unspecified atom stereocenters. The van der Waals surface area contributed by atoms with Crippen LogP contribution in [0.5, 0.6) is 0 Å². The fourth-order valence-electron chi connectivity index (χ4n) is 1.59. The first-order valence-corrected chi connectivity index (χ1v) is 5.94. The summed E-state index contributed by atoms with van der Waals surface area (Å²) in [4.78, 5) is 11.7. The summed E-state index contributed by atoms with van der Waals surface area (Å²) in [7, 11) is 0. The number of aromatic nitrogens is 3. The Labute approximate surface area is 106 Å². The molecule has 2 N–H and O–H groups in total. The Morgan fingerprint density at radius 3 is 2.82 bits per heavy atom. The van der Waals surface area contributed by atoms with E-state index in [1.54, 1.807) is 6.20 Å². The van der Waals surface area contributed by atoms with Crippen LogP contribution in [0, 0.1) is 0 Å². The highest BCUT2D eigenvalue weighted by molar-refractivity contribution is 9.10. The maximum Gasteiger partial charge on any atom is 0.229 e. The number of benzene rings is 1. The van der Waals surface area contributed by atoms with Crippen molar-refractivity contribution in [2.45, 2.75) is 0 Å². The summed E-state index contributed by atoms with van der Waals surface area (Å²) < 4.78 is 0.971. The summed E-state index contributed by atoms with van der Waals surface area (Å²) in [5.74, 6) is 0.582. The van der Waals surface area contributed by atoms with E-state index in [-0.39, 0.29) is 0 Å². The van der Waals surface area contributed by atoms with Gasteiger partial charge in [0.2, 0.25) is 5.95 Å². The molecule has 0 amide bonds. The van der Waals surface area contributed by atoms with Gasteiger partial charge in [-0.1, -0.05) is 18.2 Å². The van der Waals surface area contributed by atoms with E-state index < -0.39 is 0 Å². The molecule has 4 nitrogen and oxygen atoms in total. The molecular formula is C12H9BrN4. The highest BCUT2D eigenvalue weighted by Crippen LogP contribution is 2.22. The van der Waals surface area contributed by atoms with E-state index in [1.807, 2.05) is 36.5 Å². The van der Waals surface area contributed by atoms with Gasteiger partial charge in [0.25, 0.3) is 0 Å². The summed E-state index contributed by atoms with van der Waals surface area (Å²) in [6.45, 7) is 0. The van der Waals surface area contributed by atoms with Gasteiger partial charge in [-0.25, -0.2) is 4.98 Å². The van der Waals surface area contributed by atoms with Gasteiger partial charge < -0.3 is 10.3 Å². The molecule has 0 saturated heterocycles. The highest BCUT2D eigenvalue weighted by atomic mass is 79.9. The van der Waals surface area contributed by atoms with Crippen LogP contribution in [0.25, 0.3) is 11.0 Å². The van der Waals surface area contributed by atoms with Crippen molar-refractivity contribution in [2.24, 2.45) is 0 Å². The van der Waals surface area contributed by atoms with Crippen LogP contribution in [-0.2, 0) is 0 Å². The van der Waals surface area contributed by atoms with Crippen molar-refractivity contribution in [3.8, 4) is 0 Å². The van der Waals surface area contributed by atoms with E-state index in [2.05, 4.69) is 36.2 Å². The molecule has 0 atom stereocenters. The Hall–Kier alpha value is -1.88. The van der Waals surface area contributed by atoms with Gasteiger partial charge >= 0.3 is 0 Å². The van der Waals surface area contributed by atoms with Gasteiger partial charge in [-0.15, -0.1) is 0 Å². The summed E-state index contributed by atoms with van der Waals surface area (Å²) in [6, 6.07) is 9.84. The number of hydrogen-bond donors (Lipinski definition) is 2. The van der Waals surface area contributed by atoms with Crippen molar-refractivity contribution < 1.29 is 0 Å². The molecular weight excluding hydrogens is 280 g/mol. The smallest absolute Gasteiger partial charge is 0.229 e. The third-order valence-electron chi connectivity index (χ3n) is 2.41. The Morgan fingerprint density at radius 1 is 1.18 bits per heavy atom. The molecule has 0 aliphatic rings. The Balaban J connectivity index is 1.96. The summed E-state index contributed by atoms with van der Waals surface area (Å²) >= 11 is 3.43. The predicted molar refractivity (Wildman–Crippen MR) is 71.3 cm³/mol. The largest absolute Gasteiger partial charge is 0.345 e. The van der Waals surface area contributed by atoms with Crippen molar-refractivity contribution in [1.82, 2.24) is 15.0 Å². The topological polar surface area (TPSA) is 53.6 Å². The van der Waals surface area contributed by atoms with E-state index >= 15 is 0 Å². The van der Waals surface area contributed by atoms with Crippen LogP contribution in [0.2, 0.25) is 0 Å². The third kappa shape index (κ3) is 2.01. The molecule has 1 aromatic carbocycles. The maximum absolute atomic E-state index is 4.38. The first-order chi connectivity index (χ1) is 8.33. The minimum Gasteiger partial charge on any atom is -0.345 e. The molecule has 2 aromatic heterocycles. The molecule has 3 aromatic rings.